The van der Waals surface area contributed by atoms with Gasteiger partial charge in [0.1, 0.15) is 12.4 Å². The van der Waals surface area contributed by atoms with Crippen molar-refractivity contribution in [2.24, 2.45) is 5.73 Å². The summed E-state index contributed by atoms with van der Waals surface area (Å²) in [6, 6.07) is 10.5. The molecule has 0 unspecified atom stereocenters. The van der Waals surface area contributed by atoms with E-state index in [0.717, 1.165) is 10.8 Å². The number of hydrogen-bond donors (Lipinski definition) is 3. The van der Waals surface area contributed by atoms with Crippen molar-refractivity contribution < 1.29 is 19.4 Å². The van der Waals surface area contributed by atoms with Crippen LogP contribution in [0.4, 0.5) is 4.79 Å². The Morgan fingerprint density at radius 2 is 1.85 bits per heavy atom. The Bertz CT molecular complexity index is 655. The van der Waals surface area contributed by atoms with E-state index in [9.17, 15) is 14.7 Å². The molecular weight excluding hydrogens is 260 g/mol. The van der Waals surface area contributed by atoms with E-state index >= 15 is 0 Å². The molecule has 0 saturated carbocycles. The van der Waals surface area contributed by atoms with Crippen LogP contribution in [-0.4, -0.2) is 30.3 Å². The number of ether oxygens (including phenoxy) is 1. The first-order chi connectivity index (χ1) is 9.58. The number of rotatable bonds is 4. The second-order valence-corrected chi connectivity index (χ2v) is 4.14. The molecule has 0 aliphatic carbocycles. The molecule has 20 heavy (non-hydrogen) atoms. The fourth-order valence-electron chi connectivity index (χ4n) is 1.82. The standard InChI is InChI=1S/C14H14N2O4/c15-14(19)20-6-5-16-13(18)11-7-9-3-1-2-4-10(9)8-12(11)17/h1-4,7-8,17H,5-6H2,(H2,15,19)(H,16,18). The molecule has 2 aromatic rings. The minimum atomic E-state index is -0.896. The van der Waals surface area contributed by atoms with Crippen molar-refractivity contribution >= 4 is 22.8 Å². The van der Waals surface area contributed by atoms with Gasteiger partial charge in [-0.15, -0.1) is 0 Å². The van der Waals surface area contributed by atoms with E-state index in [1.54, 1.807) is 6.07 Å². The molecule has 6 heteroatoms. The number of carbonyl (C=O) groups is 2. The van der Waals surface area contributed by atoms with Crippen molar-refractivity contribution in [2.75, 3.05) is 13.2 Å². The normalized spacial score (nSPS) is 10.2. The van der Waals surface area contributed by atoms with Crippen molar-refractivity contribution in [3.63, 3.8) is 0 Å². The summed E-state index contributed by atoms with van der Waals surface area (Å²) in [5.74, 6) is -0.543. The van der Waals surface area contributed by atoms with E-state index in [1.807, 2.05) is 24.3 Å². The number of nitrogens with two attached hydrogens (primary N) is 1. The first-order valence-electron chi connectivity index (χ1n) is 6.00. The Morgan fingerprint density at radius 1 is 1.20 bits per heavy atom. The minimum absolute atomic E-state index is 0.0184. The van der Waals surface area contributed by atoms with Gasteiger partial charge in [-0.2, -0.15) is 0 Å². The molecule has 104 valence electrons. The zero-order valence-corrected chi connectivity index (χ0v) is 10.6. The van der Waals surface area contributed by atoms with Gasteiger partial charge in [-0.3, -0.25) is 4.79 Å². The Hall–Kier alpha value is -2.76. The molecule has 0 bridgehead atoms. The second-order valence-electron chi connectivity index (χ2n) is 4.14. The van der Waals surface area contributed by atoms with Gasteiger partial charge in [-0.25, -0.2) is 4.79 Å². The van der Waals surface area contributed by atoms with Crippen LogP contribution in [0.2, 0.25) is 0 Å². The Kier molecular flexibility index (Phi) is 4.05. The average molecular weight is 274 g/mol. The number of aromatic hydroxyl groups is 1. The van der Waals surface area contributed by atoms with Gasteiger partial charge in [0.2, 0.25) is 0 Å². The van der Waals surface area contributed by atoms with Gasteiger partial charge in [0.15, 0.2) is 0 Å². The summed E-state index contributed by atoms with van der Waals surface area (Å²) in [5.41, 5.74) is 4.96. The molecule has 0 spiro atoms. The molecule has 4 N–H and O–H groups in total. The summed E-state index contributed by atoms with van der Waals surface area (Å²) in [7, 11) is 0. The van der Waals surface area contributed by atoms with Crippen molar-refractivity contribution in [3.8, 4) is 5.75 Å². The average Bonchev–Trinajstić information content (AvgIpc) is 2.42. The van der Waals surface area contributed by atoms with Crippen LogP contribution in [0.5, 0.6) is 5.75 Å². The van der Waals surface area contributed by atoms with E-state index in [4.69, 9.17) is 5.73 Å². The predicted octanol–water partition coefficient (Wildman–Crippen LogP) is 1.37. The summed E-state index contributed by atoms with van der Waals surface area (Å²) in [6.07, 6.45) is -0.896. The molecule has 0 heterocycles. The van der Waals surface area contributed by atoms with E-state index in [-0.39, 0.29) is 24.5 Å². The fourth-order valence-corrected chi connectivity index (χ4v) is 1.82. The van der Waals surface area contributed by atoms with Crippen molar-refractivity contribution in [3.05, 3.63) is 42.0 Å². The van der Waals surface area contributed by atoms with Gasteiger partial charge in [-0.1, -0.05) is 24.3 Å². The van der Waals surface area contributed by atoms with Gasteiger partial charge >= 0.3 is 6.09 Å². The van der Waals surface area contributed by atoms with E-state index in [2.05, 4.69) is 10.1 Å². The van der Waals surface area contributed by atoms with E-state index < -0.39 is 12.0 Å². The van der Waals surface area contributed by atoms with Crippen molar-refractivity contribution in [1.82, 2.24) is 5.32 Å². The molecule has 2 amide bonds. The molecule has 0 atom stereocenters. The molecule has 0 radical (unpaired) electrons. The molecule has 0 saturated heterocycles. The highest BCUT2D eigenvalue weighted by molar-refractivity contribution is 6.01. The topological polar surface area (TPSA) is 102 Å². The third-order valence-corrected chi connectivity index (χ3v) is 2.74. The smallest absolute Gasteiger partial charge is 0.404 e. The van der Waals surface area contributed by atoms with Crippen LogP contribution in [0.1, 0.15) is 10.4 Å². The Balaban J connectivity index is 2.09. The highest BCUT2D eigenvalue weighted by Crippen LogP contribution is 2.24. The lowest BCUT2D eigenvalue weighted by Gasteiger charge is -2.08. The number of primary amides is 1. The molecule has 2 rings (SSSR count). The third-order valence-electron chi connectivity index (χ3n) is 2.74. The summed E-state index contributed by atoms with van der Waals surface area (Å²) >= 11 is 0. The highest BCUT2D eigenvalue weighted by atomic mass is 16.5. The lowest BCUT2D eigenvalue weighted by atomic mass is 10.1. The predicted molar refractivity (Wildman–Crippen MR) is 73.5 cm³/mol. The zero-order chi connectivity index (χ0) is 14.5. The van der Waals surface area contributed by atoms with Crippen LogP contribution >= 0.6 is 0 Å². The van der Waals surface area contributed by atoms with Gasteiger partial charge in [0.05, 0.1) is 12.1 Å². The largest absolute Gasteiger partial charge is 0.507 e. The molecule has 0 aliphatic rings. The number of benzene rings is 2. The highest BCUT2D eigenvalue weighted by Gasteiger charge is 2.12. The maximum atomic E-state index is 11.9. The lowest BCUT2D eigenvalue weighted by molar-refractivity contribution is 0.0934. The van der Waals surface area contributed by atoms with Crippen molar-refractivity contribution in [2.45, 2.75) is 0 Å². The van der Waals surface area contributed by atoms with Gasteiger partial charge in [-0.05, 0) is 22.9 Å². The van der Waals surface area contributed by atoms with Gasteiger partial charge in [0.25, 0.3) is 5.91 Å². The quantitative estimate of drug-likeness (QED) is 0.733. The maximum absolute atomic E-state index is 11.9. The Morgan fingerprint density at radius 3 is 2.50 bits per heavy atom. The van der Waals surface area contributed by atoms with Crippen LogP contribution < -0.4 is 11.1 Å². The molecule has 0 aromatic heterocycles. The minimum Gasteiger partial charge on any atom is -0.507 e. The number of phenols is 1. The van der Waals surface area contributed by atoms with Crippen LogP contribution in [0.25, 0.3) is 10.8 Å². The SMILES string of the molecule is NC(=O)OCCNC(=O)c1cc2ccccc2cc1O. The van der Waals surface area contributed by atoms with Crippen LogP contribution in [0.15, 0.2) is 36.4 Å². The molecule has 0 aliphatic heterocycles. The van der Waals surface area contributed by atoms with Crippen LogP contribution in [0, 0.1) is 0 Å². The summed E-state index contributed by atoms with van der Waals surface area (Å²) in [5, 5.41) is 14.1. The monoisotopic (exact) mass is 274 g/mol. The van der Waals surface area contributed by atoms with Crippen LogP contribution in [-0.2, 0) is 4.74 Å². The Labute approximate surface area is 115 Å². The number of carbonyl (C=O) groups excluding carboxylic acids is 2. The van der Waals surface area contributed by atoms with Crippen LogP contribution in [0.3, 0.4) is 0 Å². The number of nitrogens with one attached hydrogen (secondary N) is 1. The third kappa shape index (κ3) is 3.17. The van der Waals surface area contributed by atoms with Crippen molar-refractivity contribution in [1.29, 1.82) is 0 Å². The van der Waals surface area contributed by atoms with Gasteiger partial charge < -0.3 is 20.9 Å². The molecule has 2 aromatic carbocycles. The fraction of sp³-hybridized carbons (Fsp3) is 0.143. The second kappa shape index (κ2) is 5.92. The zero-order valence-electron chi connectivity index (χ0n) is 10.6. The lowest BCUT2D eigenvalue weighted by Crippen LogP contribution is -2.29. The molecular formula is C14H14N2O4. The van der Waals surface area contributed by atoms with Gasteiger partial charge in [0, 0.05) is 0 Å². The number of phenolic OH excluding ortho intramolecular Hbond substituents is 1. The number of hydrogen-bond acceptors (Lipinski definition) is 4. The molecule has 6 nitrogen and oxygen atoms in total. The maximum Gasteiger partial charge on any atom is 0.404 e. The summed E-state index contributed by atoms with van der Waals surface area (Å²) in [4.78, 5) is 22.3. The number of fused-ring (bicyclic) bond motifs is 1. The first-order valence-corrected chi connectivity index (χ1v) is 6.00. The van der Waals surface area contributed by atoms with E-state index in [1.165, 1.54) is 6.07 Å². The summed E-state index contributed by atoms with van der Waals surface area (Å²) < 4.78 is 4.49. The first kappa shape index (κ1) is 13.7. The molecule has 0 fully saturated rings. The van der Waals surface area contributed by atoms with E-state index in [0.29, 0.717) is 0 Å². The summed E-state index contributed by atoms with van der Waals surface area (Å²) in [6.45, 7) is 0.101. The number of amides is 2.